The lowest BCUT2D eigenvalue weighted by Crippen LogP contribution is -0.569. The van der Waals surface area contributed by atoms with Gasteiger partial charge in [0, 0.05) is 6.57 Å². The minimum atomic E-state index is 0. The highest BCUT2D eigenvalue weighted by Gasteiger charge is 0.513. The van der Waals surface area contributed by atoms with Gasteiger partial charge in [-0.25, -0.2) is 5.26 Å². The third-order valence-corrected chi connectivity index (χ3v) is 0. The summed E-state index contributed by atoms with van der Waals surface area (Å²) in [7, 11) is 0. The lowest BCUT2D eigenvalue weighted by molar-refractivity contribution is 1.11. The Morgan fingerprint density at radius 2 is 1.00 bits per heavy atom. The molecule has 4 heteroatoms. The Labute approximate surface area is 30.9 Å². The Balaban J connectivity index is -0.00000000167. The van der Waals surface area contributed by atoms with Gasteiger partial charge in [0.15, 0.2) is 0 Å². The van der Waals surface area contributed by atoms with Crippen LogP contribution in [0.2, 0.25) is 0 Å². The quantitative estimate of drug-likeness (QED) is 0.352. The van der Waals surface area contributed by atoms with E-state index in [0.29, 0.717) is 0 Å². The number of nitriles is 1. The molecule has 0 aromatic rings. The summed E-state index contributed by atoms with van der Waals surface area (Å²) in [6, 6.07) is 0. The van der Waals surface area contributed by atoms with E-state index in [1.165, 1.54) is 0 Å². The molecule has 0 aliphatic carbocycles. The second-order valence-corrected chi connectivity index (χ2v) is 0. The molecule has 0 aromatic heterocycles. The van der Waals surface area contributed by atoms with Gasteiger partial charge in [-0.15, -0.1) is 0 Å². The van der Waals surface area contributed by atoms with Crippen LogP contribution in [0.5, 0.6) is 0 Å². The molecule has 0 aromatic carbocycles. The first-order valence-electron chi connectivity index (χ1n) is 0.258. The number of hydrogen-bond donors (Lipinski definition) is 0. The Morgan fingerprint density at radius 3 is 1.00 bits per heavy atom. The molecule has 0 saturated carbocycles. The van der Waals surface area contributed by atoms with E-state index in [2.05, 4.69) is 6.57 Å². The normalized spacial score (nSPS) is 0.400. The number of nitrogens with zero attached hydrogens (tertiary/aromatic N) is 1. The van der Waals surface area contributed by atoms with Crippen LogP contribution in [0.4, 0.5) is 9.41 Å². The maximum atomic E-state index is 6.50. The molecule has 32 valence electrons. The molecule has 1 nitrogen and oxygen atoms in total. The van der Waals surface area contributed by atoms with Crippen molar-refractivity contribution >= 4 is 8.41 Å². The highest BCUT2D eigenvalue weighted by Crippen LogP contribution is 0.586. The molecule has 0 fully saturated rings. The van der Waals surface area contributed by atoms with Gasteiger partial charge in [0.1, 0.15) is 0 Å². The number of hydrogen-bond acceptors (Lipinski definition) is 1. The van der Waals surface area contributed by atoms with Crippen molar-refractivity contribution in [3.8, 4) is 6.57 Å². The molecule has 0 aliphatic rings. The van der Waals surface area contributed by atoms with Crippen molar-refractivity contribution in [3.63, 3.8) is 0 Å². The summed E-state index contributed by atoms with van der Waals surface area (Å²) in [6.45, 7) is 3.50. The molecule has 0 spiro atoms. The van der Waals surface area contributed by atoms with Crippen molar-refractivity contribution in [3.05, 3.63) is 0 Å². The average Bonchev–Trinajstić information content (AvgIpc) is 1.00. The third kappa shape index (κ3) is 20.0. The fourth-order valence-corrected chi connectivity index (χ4v) is 0. The summed E-state index contributed by atoms with van der Waals surface area (Å²) in [5, 5.41) is 6.50. The van der Waals surface area contributed by atoms with E-state index in [1.807, 2.05) is 0 Å². The fraction of sp³-hybridized carbons (Fsp3) is 0. The van der Waals surface area contributed by atoms with Gasteiger partial charge in [-0.2, -0.15) is 0 Å². The Bertz CT molecular complexity index is 14.4. The lowest BCUT2D eigenvalue weighted by Gasteiger charge is -0.668. The van der Waals surface area contributed by atoms with Crippen LogP contribution in [0.1, 0.15) is 0 Å². The second-order valence-electron chi connectivity index (χ2n) is 0. The van der Waals surface area contributed by atoms with Crippen LogP contribution in [-0.2, 0) is 0 Å². The Hall–Kier alpha value is -0.585. The molecule has 0 heterocycles. The van der Waals surface area contributed by atoms with Crippen molar-refractivity contribution in [1.29, 1.82) is 5.26 Å². The van der Waals surface area contributed by atoms with Gasteiger partial charge in [0.25, 0.3) is 0 Å². The fourth-order valence-electron chi connectivity index (χ4n) is 0. The molecule has 0 aliphatic heterocycles. The van der Waals surface area contributed by atoms with Crippen molar-refractivity contribution in [2.75, 3.05) is 0 Å². The van der Waals surface area contributed by atoms with E-state index in [9.17, 15) is 0 Å². The van der Waals surface area contributed by atoms with Crippen LogP contribution in [0, 0.1) is 11.8 Å². The van der Waals surface area contributed by atoms with Crippen LogP contribution >= 0.6 is 0 Å². The largest absolute Gasteiger partial charge is 0.269 e. The zero-order chi connectivity index (χ0) is 2.00. The number of halogens is 2. The maximum Gasteiger partial charge on any atom is 0.0814 e. The SMILES string of the molecule is B.C#N.F.F. The summed E-state index contributed by atoms with van der Waals surface area (Å²) in [6.07, 6.45) is 0. The van der Waals surface area contributed by atoms with Gasteiger partial charge in [0.2, 0.25) is 0 Å². The smallest absolute Gasteiger partial charge is 0.0814 e. The zero-order valence-corrected chi connectivity index (χ0v) is 1.84. The third-order valence-electron chi connectivity index (χ3n) is 0. The highest BCUT2D eigenvalue weighted by molar-refractivity contribution is 5.75. The van der Waals surface area contributed by atoms with Crippen LogP contribution in [0.3, 0.4) is 0 Å². The first-order chi connectivity index (χ1) is 1.00. The Morgan fingerprint density at radius 1 is 1.00 bits per heavy atom. The van der Waals surface area contributed by atoms with Crippen molar-refractivity contribution < 1.29 is 9.41 Å². The minimum Gasteiger partial charge on any atom is -0.269 e. The predicted octanol–water partition coefficient (Wildman–Crippen LogP) is -0.739. The van der Waals surface area contributed by atoms with Gasteiger partial charge in [0.05, 0.1) is 8.41 Å². The molecule has 0 saturated heterocycles. The van der Waals surface area contributed by atoms with E-state index in [-0.39, 0.29) is 17.8 Å². The summed E-state index contributed by atoms with van der Waals surface area (Å²) in [5.74, 6) is 0. The zero-order valence-electron chi connectivity index (χ0n) is 1.84. The van der Waals surface area contributed by atoms with E-state index in [4.69, 9.17) is 5.26 Å². The van der Waals surface area contributed by atoms with Crippen molar-refractivity contribution in [1.82, 2.24) is 0 Å². The van der Waals surface area contributed by atoms with E-state index >= 15 is 0 Å². The van der Waals surface area contributed by atoms with Crippen LogP contribution in [-0.4, -0.2) is 8.41 Å². The first-order valence-corrected chi connectivity index (χ1v) is 0.258. The molecule has 0 rings (SSSR count). The van der Waals surface area contributed by atoms with Crippen molar-refractivity contribution in [2.45, 2.75) is 0 Å². The van der Waals surface area contributed by atoms with Crippen LogP contribution in [0.25, 0.3) is 0 Å². The van der Waals surface area contributed by atoms with Gasteiger partial charge in [-0.1, -0.05) is 0 Å². The molecule has 0 amide bonds. The molecule has 5 heavy (non-hydrogen) atoms. The molecule has 0 radical (unpaired) electrons. The molecule has 0 bridgehead atoms. The topological polar surface area (TPSA) is 23.8 Å². The predicted molar refractivity (Wildman–Crippen MR) is 21.6 cm³/mol. The molecule has 0 N–H and O–H groups in total. The monoisotopic (exact) mass is 81.1 g/mol. The molecular formula is CH6BF2N. The van der Waals surface area contributed by atoms with Crippen molar-refractivity contribution in [2.24, 2.45) is 0 Å². The van der Waals surface area contributed by atoms with Gasteiger partial charge >= 0.3 is 0 Å². The minimum absolute atomic E-state index is 0. The average molecular weight is 80.9 g/mol. The molecule has 0 unspecified atom stereocenters. The van der Waals surface area contributed by atoms with Gasteiger partial charge in [-0.05, 0) is 0 Å². The van der Waals surface area contributed by atoms with Crippen LogP contribution in [0.15, 0.2) is 0 Å². The first kappa shape index (κ1) is 299. The highest BCUT2D eigenvalue weighted by atomic mass is 19.0. The van der Waals surface area contributed by atoms with Gasteiger partial charge < -0.3 is 0 Å². The second kappa shape index (κ2) is 58.2. The van der Waals surface area contributed by atoms with Gasteiger partial charge in [-0.3, -0.25) is 9.41 Å². The summed E-state index contributed by atoms with van der Waals surface area (Å²) in [4.78, 5) is 0. The summed E-state index contributed by atoms with van der Waals surface area (Å²) >= 11 is 0. The van der Waals surface area contributed by atoms with Crippen LogP contribution < -0.4 is 0 Å². The molecule has 0 atom stereocenters. The van der Waals surface area contributed by atoms with E-state index < -0.39 is 0 Å². The summed E-state index contributed by atoms with van der Waals surface area (Å²) in [5.41, 5.74) is 0. The van der Waals surface area contributed by atoms with E-state index in [0.717, 1.165) is 0 Å². The molecular weight excluding hydrogens is 74.8 g/mol. The lowest BCUT2D eigenvalue weighted by atomic mass is 10.8. The maximum absolute atomic E-state index is 6.50. The Kier molecular flexibility index (Phi) is 3480. The standard InChI is InChI=1S/CHN.BH3.2FH/c1-2;;;/h1H;1H3;2*1H. The van der Waals surface area contributed by atoms with E-state index in [1.54, 1.807) is 0 Å². The summed E-state index contributed by atoms with van der Waals surface area (Å²) < 4.78 is 0. The number of rotatable bonds is 0.